The third kappa shape index (κ3) is 6.85. The van der Waals surface area contributed by atoms with E-state index in [2.05, 4.69) is 64.1 Å². The van der Waals surface area contributed by atoms with Crippen molar-refractivity contribution in [3.8, 4) is 0 Å². The van der Waals surface area contributed by atoms with Crippen LogP contribution in [0.1, 0.15) is 30.4 Å². The van der Waals surface area contributed by atoms with Gasteiger partial charge in [0.2, 0.25) is 0 Å². The van der Waals surface area contributed by atoms with Crippen molar-refractivity contribution in [2.45, 2.75) is 25.8 Å². The van der Waals surface area contributed by atoms with Crippen molar-refractivity contribution in [1.29, 1.82) is 0 Å². The van der Waals surface area contributed by atoms with E-state index in [1.807, 2.05) is 6.07 Å². The first-order valence-electron chi connectivity index (χ1n) is 12.6. The molecule has 184 valence electrons. The molecule has 0 spiro atoms. The van der Waals surface area contributed by atoms with Gasteiger partial charge in [0.15, 0.2) is 0 Å². The van der Waals surface area contributed by atoms with E-state index in [0.29, 0.717) is 5.56 Å². The number of nitro groups is 1. The lowest BCUT2D eigenvalue weighted by Gasteiger charge is -2.20. The van der Waals surface area contributed by atoms with Gasteiger partial charge in [-0.1, -0.05) is 30.4 Å². The van der Waals surface area contributed by atoms with Gasteiger partial charge >= 0.3 is 0 Å². The Morgan fingerprint density at radius 1 is 0.824 bits per heavy atom. The van der Waals surface area contributed by atoms with Crippen molar-refractivity contribution < 1.29 is 4.92 Å². The minimum Gasteiger partial charge on any atom is -0.305 e. The molecule has 0 amide bonds. The summed E-state index contributed by atoms with van der Waals surface area (Å²) in [7, 11) is 4.35. The SMILES string of the molecule is CN1CCCN(CC2=CCC=C(c3ccc(CN4CCCN(C)CC4)cc3[N+](=O)[O-])C=C2)CC1. The Kier molecular flexibility index (Phi) is 8.67. The van der Waals surface area contributed by atoms with Crippen LogP contribution in [0.4, 0.5) is 5.69 Å². The average Bonchev–Trinajstić information content (AvgIpc) is 3.26. The second kappa shape index (κ2) is 11.9. The summed E-state index contributed by atoms with van der Waals surface area (Å²) in [6, 6.07) is 5.80. The Bertz CT molecular complexity index is 954. The van der Waals surface area contributed by atoms with Crippen LogP contribution in [-0.4, -0.2) is 97.5 Å². The number of hydrogen-bond acceptors (Lipinski definition) is 6. The summed E-state index contributed by atoms with van der Waals surface area (Å²) in [5, 5.41) is 12.0. The van der Waals surface area contributed by atoms with E-state index in [1.54, 1.807) is 6.07 Å². The number of hydrogen-bond donors (Lipinski definition) is 0. The minimum absolute atomic E-state index is 0.208. The molecule has 0 atom stereocenters. The van der Waals surface area contributed by atoms with Crippen LogP contribution in [-0.2, 0) is 6.54 Å². The van der Waals surface area contributed by atoms with Crippen molar-refractivity contribution >= 4 is 11.3 Å². The summed E-state index contributed by atoms with van der Waals surface area (Å²) >= 11 is 0. The predicted molar refractivity (Wildman–Crippen MR) is 139 cm³/mol. The normalized spacial score (nSPS) is 21.9. The maximum atomic E-state index is 12.0. The van der Waals surface area contributed by atoms with E-state index in [4.69, 9.17) is 0 Å². The maximum absolute atomic E-state index is 12.0. The van der Waals surface area contributed by atoms with Crippen molar-refractivity contribution in [1.82, 2.24) is 19.6 Å². The van der Waals surface area contributed by atoms with Gasteiger partial charge in [-0.05, 0) is 82.3 Å². The minimum atomic E-state index is -0.226. The van der Waals surface area contributed by atoms with Crippen LogP contribution in [0.2, 0.25) is 0 Å². The number of allylic oxidation sites excluding steroid dienone is 4. The van der Waals surface area contributed by atoms with E-state index in [-0.39, 0.29) is 10.6 Å². The number of nitro benzene ring substituents is 1. The van der Waals surface area contributed by atoms with Gasteiger partial charge < -0.3 is 9.80 Å². The summed E-state index contributed by atoms with van der Waals surface area (Å²) in [4.78, 5) is 21.4. The van der Waals surface area contributed by atoms with E-state index in [9.17, 15) is 10.1 Å². The van der Waals surface area contributed by atoms with Gasteiger partial charge in [0, 0.05) is 45.3 Å². The van der Waals surface area contributed by atoms with Gasteiger partial charge in [-0.3, -0.25) is 19.9 Å². The summed E-state index contributed by atoms with van der Waals surface area (Å²) in [6.07, 6.45) is 11.7. The molecule has 0 unspecified atom stereocenters. The lowest BCUT2D eigenvalue weighted by atomic mass is 10.00. The molecule has 2 saturated heterocycles. The van der Waals surface area contributed by atoms with Gasteiger partial charge in [0.1, 0.15) is 0 Å². The van der Waals surface area contributed by atoms with Crippen LogP contribution >= 0.6 is 0 Å². The zero-order chi connectivity index (χ0) is 23.9. The van der Waals surface area contributed by atoms with Crippen molar-refractivity contribution in [3.63, 3.8) is 0 Å². The fraction of sp³-hybridized carbons (Fsp3) is 0.556. The smallest absolute Gasteiger partial charge is 0.277 e. The van der Waals surface area contributed by atoms with Crippen LogP contribution in [0.3, 0.4) is 0 Å². The third-order valence-corrected chi connectivity index (χ3v) is 7.20. The maximum Gasteiger partial charge on any atom is 0.277 e. The lowest BCUT2D eigenvalue weighted by Crippen LogP contribution is -2.30. The molecule has 0 N–H and O–H groups in total. The van der Waals surface area contributed by atoms with E-state index >= 15 is 0 Å². The zero-order valence-corrected chi connectivity index (χ0v) is 20.8. The molecule has 3 aliphatic rings. The standard InChI is InChI=1S/C27H39N5O2/c1-28-12-4-14-30(18-16-28)21-23-6-3-7-25(10-8-23)26-11-9-24(20-27(26)32(33)34)22-31-15-5-13-29(2)17-19-31/h6-11,20H,3-5,12-19,21-22H2,1-2H3. The molecule has 1 aromatic carbocycles. The first-order valence-corrected chi connectivity index (χ1v) is 12.6. The Morgan fingerprint density at radius 2 is 1.50 bits per heavy atom. The highest BCUT2D eigenvalue weighted by Crippen LogP contribution is 2.30. The van der Waals surface area contributed by atoms with Crippen LogP contribution in [0.25, 0.3) is 5.57 Å². The Balaban J connectivity index is 1.44. The molecule has 0 saturated carbocycles. The third-order valence-electron chi connectivity index (χ3n) is 7.20. The molecule has 0 aromatic heterocycles. The summed E-state index contributed by atoms with van der Waals surface area (Å²) in [5.41, 5.74) is 4.17. The van der Waals surface area contributed by atoms with Gasteiger partial charge in [0.05, 0.1) is 10.5 Å². The summed E-state index contributed by atoms with van der Waals surface area (Å²) in [5.74, 6) is 0. The van der Waals surface area contributed by atoms with Crippen LogP contribution < -0.4 is 0 Å². The summed E-state index contributed by atoms with van der Waals surface area (Å²) in [6.45, 7) is 10.4. The first kappa shape index (κ1) is 24.8. The molecule has 4 rings (SSSR count). The molecule has 0 radical (unpaired) electrons. The highest BCUT2D eigenvalue weighted by Gasteiger charge is 2.20. The van der Waals surface area contributed by atoms with Gasteiger partial charge in [-0.2, -0.15) is 0 Å². The fourth-order valence-corrected chi connectivity index (χ4v) is 5.09. The highest BCUT2D eigenvalue weighted by molar-refractivity contribution is 5.80. The highest BCUT2D eigenvalue weighted by atomic mass is 16.6. The molecule has 7 heteroatoms. The van der Waals surface area contributed by atoms with Crippen molar-refractivity contribution in [3.05, 3.63) is 69.3 Å². The van der Waals surface area contributed by atoms with Gasteiger partial charge in [0.25, 0.3) is 5.69 Å². The zero-order valence-electron chi connectivity index (χ0n) is 20.8. The molecular weight excluding hydrogens is 426 g/mol. The first-order chi connectivity index (χ1) is 16.5. The Hall–Kier alpha value is -2.32. The Labute approximate surface area is 204 Å². The lowest BCUT2D eigenvalue weighted by molar-refractivity contribution is -0.385. The summed E-state index contributed by atoms with van der Waals surface area (Å²) < 4.78 is 0. The molecule has 2 heterocycles. The monoisotopic (exact) mass is 465 g/mol. The molecule has 2 fully saturated rings. The molecule has 1 aromatic rings. The van der Waals surface area contributed by atoms with E-state index in [0.717, 1.165) is 89.4 Å². The molecule has 0 bridgehead atoms. The molecule has 1 aliphatic carbocycles. The quantitative estimate of drug-likeness (QED) is 0.472. The average molecular weight is 466 g/mol. The number of rotatable bonds is 6. The largest absolute Gasteiger partial charge is 0.305 e. The molecule has 7 nitrogen and oxygen atoms in total. The van der Waals surface area contributed by atoms with Gasteiger partial charge in [-0.25, -0.2) is 0 Å². The van der Waals surface area contributed by atoms with Crippen LogP contribution in [0, 0.1) is 10.1 Å². The van der Waals surface area contributed by atoms with Crippen LogP contribution in [0.5, 0.6) is 0 Å². The van der Waals surface area contributed by atoms with E-state index in [1.165, 1.54) is 12.0 Å². The van der Waals surface area contributed by atoms with Crippen molar-refractivity contribution in [2.24, 2.45) is 0 Å². The molecule has 2 aliphatic heterocycles. The molecule has 34 heavy (non-hydrogen) atoms. The molecular formula is C27H39N5O2. The number of likely N-dealkylation sites (N-methyl/N-ethyl adjacent to an activating group) is 2. The van der Waals surface area contributed by atoms with E-state index < -0.39 is 0 Å². The van der Waals surface area contributed by atoms with Gasteiger partial charge in [-0.15, -0.1) is 0 Å². The van der Waals surface area contributed by atoms with Crippen LogP contribution in [0.15, 0.2) is 48.1 Å². The second-order valence-corrected chi connectivity index (χ2v) is 9.98. The van der Waals surface area contributed by atoms with Crippen molar-refractivity contribution in [2.75, 3.05) is 73.0 Å². The predicted octanol–water partition coefficient (Wildman–Crippen LogP) is 3.64. The second-order valence-electron chi connectivity index (χ2n) is 9.98. The topological polar surface area (TPSA) is 56.1 Å². The fourth-order valence-electron chi connectivity index (χ4n) is 5.09. The number of benzene rings is 1. The Morgan fingerprint density at radius 3 is 2.18 bits per heavy atom. The number of nitrogens with zero attached hydrogens (tertiary/aromatic N) is 5.